The van der Waals surface area contributed by atoms with Crippen molar-refractivity contribution in [2.45, 2.75) is 61.5 Å². The molecule has 4 heterocycles. The quantitative estimate of drug-likeness (QED) is 0.299. The van der Waals surface area contributed by atoms with Gasteiger partial charge in [-0.05, 0) is 43.0 Å². The first-order chi connectivity index (χ1) is 19.8. The summed E-state index contributed by atoms with van der Waals surface area (Å²) in [6.07, 6.45) is -4.34. The van der Waals surface area contributed by atoms with E-state index >= 15 is 8.78 Å². The van der Waals surface area contributed by atoms with Gasteiger partial charge in [0.05, 0.1) is 23.7 Å². The Bertz CT molecular complexity index is 1570. The number of hydrogen-bond acceptors (Lipinski definition) is 7. The molecule has 0 bridgehead atoms. The second-order valence-electron chi connectivity index (χ2n) is 10.5. The monoisotopic (exact) mass is 613 g/mol. The third-order valence-electron chi connectivity index (χ3n) is 7.80. The number of aromatic nitrogens is 4. The summed E-state index contributed by atoms with van der Waals surface area (Å²) in [5.41, 5.74) is 0.921. The van der Waals surface area contributed by atoms with E-state index in [4.69, 9.17) is 0 Å². The lowest BCUT2D eigenvalue weighted by molar-refractivity contribution is -0.145. The number of alkyl halides is 5. The van der Waals surface area contributed by atoms with Gasteiger partial charge in [0.1, 0.15) is 12.0 Å². The van der Waals surface area contributed by atoms with Crippen molar-refractivity contribution >= 4 is 15.7 Å². The highest BCUT2D eigenvalue weighted by Crippen LogP contribution is 2.38. The summed E-state index contributed by atoms with van der Waals surface area (Å²) in [6.45, 7) is 1.02. The van der Waals surface area contributed by atoms with Gasteiger partial charge in [0.25, 0.3) is 0 Å². The summed E-state index contributed by atoms with van der Waals surface area (Å²) >= 11 is 0. The molecule has 1 saturated carbocycles. The van der Waals surface area contributed by atoms with Crippen molar-refractivity contribution in [3.05, 3.63) is 65.9 Å². The van der Waals surface area contributed by atoms with Gasteiger partial charge in [-0.1, -0.05) is 6.92 Å². The van der Waals surface area contributed by atoms with Gasteiger partial charge >= 0.3 is 6.18 Å². The summed E-state index contributed by atoms with van der Waals surface area (Å²) in [7, 11) is -4.13. The highest BCUT2D eigenvalue weighted by atomic mass is 32.2. The molecule has 0 aromatic carbocycles. The van der Waals surface area contributed by atoms with Crippen molar-refractivity contribution in [3.63, 3.8) is 0 Å². The Morgan fingerprint density at radius 1 is 0.976 bits per heavy atom. The Labute approximate surface area is 237 Å². The molecular weight excluding hydrogens is 588 g/mol. The van der Waals surface area contributed by atoms with Crippen molar-refractivity contribution < 1.29 is 39.6 Å². The number of hydrogen-bond donors (Lipinski definition) is 0. The topological polar surface area (TPSA) is 106 Å². The Morgan fingerprint density at radius 3 is 2.31 bits per heavy atom. The standard InChI is InChI=1S/C27H25F6N5O3S/c1-14-20(29)7-15(2-4-22(14)42(40,41)23-5-3-19(28)11-34-23)25(39)38-12-17-6-16(8-35-24(17)21(30)13-38)18-9-36-26(37-10-18)27(31,32)33/h3,5-6,8-11,14-15,20-22H,2,4,7,12-13H2,1H3/t14-,15-,20+,21?,22?/m0/s1. The maximum Gasteiger partial charge on any atom is 0.451 e. The zero-order valence-electron chi connectivity index (χ0n) is 22.1. The number of pyridine rings is 2. The van der Waals surface area contributed by atoms with E-state index in [9.17, 15) is 30.8 Å². The minimum absolute atomic E-state index is 0.0240. The molecule has 1 aliphatic carbocycles. The Kier molecular flexibility index (Phi) is 7.98. The van der Waals surface area contributed by atoms with Crippen LogP contribution in [0.5, 0.6) is 0 Å². The number of carbonyl (C=O) groups is 1. The van der Waals surface area contributed by atoms with Crippen LogP contribution < -0.4 is 0 Å². The fourth-order valence-electron chi connectivity index (χ4n) is 5.50. The van der Waals surface area contributed by atoms with Crippen LogP contribution in [0.4, 0.5) is 26.3 Å². The van der Waals surface area contributed by atoms with Crippen LogP contribution in [0.3, 0.4) is 0 Å². The molecule has 0 saturated heterocycles. The molecule has 1 fully saturated rings. The van der Waals surface area contributed by atoms with Gasteiger partial charge in [-0.3, -0.25) is 9.78 Å². The van der Waals surface area contributed by atoms with Gasteiger partial charge in [-0.15, -0.1) is 0 Å². The molecule has 2 unspecified atom stereocenters. The molecule has 2 aliphatic rings. The molecule has 5 atom stereocenters. The van der Waals surface area contributed by atoms with Crippen LogP contribution in [-0.4, -0.2) is 57.1 Å². The van der Waals surface area contributed by atoms with Crippen molar-refractivity contribution in [1.29, 1.82) is 0 Å². The normalized spacial score (nSPS) is 25.0. The molecule has 1 amide bonds. The predicted molar refractivity (Wildman–Crippen MR) is 136 cm³/mol. The maximum atomic E-state index is 15.4. The molecular formula is C27H25F6N5O3S. The molecule has 8 nitrogen and oxygen atoms in total. The van der Waals surface area contributed by atoms with Crippen LogP contribution in [0.2, 0.25) is 0 Å². The zero-order valence-corrected chi connectivity index (χ0v) is 22.9. The summed E-state index contributed by atoms with van der Waals surface area (Å²) in [6, 6.07) is 3.46. The zero-order chi connectivity index (χ0) is 30.4. The van der Waals surface area contributed by atoms with Crippen LogP contribution >= 0.6 is 0 Å². The summed E-state index contributed by atoms with van der Waals surface area (Å²) in [5.74, 6) is -4.48. The molecule has 0 N–H and O–H groups in total. The Morgan fingerprint density at radius 2 is 1.67 bits per heavy atom. The second-order valence-corrected chi connectivity index (χ2v) is 12.6. The summed E-state index contributed by atoms with van der Waals surface area (Å²) < 4.78 is 109. The lowest BCUT2D eigenvalue weighted by Gasteiger charge is -2.33. The third-order valence-corrected chi connectivity index (χ3v) is 10.1. The summed E-state index contributed by atoms with van der Waals surface area (Å²) in [4.78, 5) is 29.1. The number of sulfone groups is 1. The van der Waals surface area contributed by atoms with Crippen LogP contribution in [0.15, 0.2) is 48.0 Å². The number of fused-ring (bicyclic) bond motifs is 1. The molecule has 0 radical (unpaired) electrons. The van der Waals surface area contributed by atoms with Crippen LogP contribution in [0.1, 0.15) is 49.4 Å². The van der Waals surface area contributed by atoms with Gasteiger partial charge in [-0.25, -0.2) is 36.5 Å². The van der Waals surface area contributed by atoms with Gasteiger partial charge in [0, 0.05) is 48.1 Å². The average molecular weight is 614 g/mol. The number of carbonyl (C=O) groups excluding carboxylic acids is 1. The highest BCUT2D eigenvalue weighted by Gasteiger charge is 2.43. The lowest BCUT2D eigenvalue weighted by atomic mass is 9.94. The summed E-state index contributed by atoms with van der Waals surface area (Å²) in [5, 5.41) is -1.58. The van der Waals surface area contributed by atoms with Crippen LogP contribution in [0, 0.1) is 17.7 Å². The average Bonchev–Trinajstić information content (AvgIpc) is 3.10. The van der Waals surface area contributed by atoms with Crippen LogP contribution in [0.25, 0.3) is 11.1 Å². The molecule has 0 spiro atoms. The van der Waals surface area contributed by atoms with E-state index in [1.54, 1.807) is 0 Å². The Hall–Kier alpha value is -3.62. The van der Waals surface area contributed by atoms with Crippen molar-refractivity contribution in [2.24, 2.45) is 11.8 Å². The molecule has 5 rings (SSSR count). The largest absolute Gasteiger partial charge is 0.451 e. The molecule has 15 heteroatoms. The van der Waals surface area contributed by atoms with Gasteiger partial charge in [0.2, 0.25) is 11.7 Å². The van der Waals surface area contributed by atoms with Crippen molar-refractivity contribution in [2.75, 3.05) is 6.54 Å². The first kappa shape index (κ1) is 29.9. The van der Waals surface area contributed by atoms with E-state index in [1.807, 2.05) is 0 Å². The number of nitrogens with zero attached hydrogens (tertiary/aromatic N) is 5. The molecule has 1 aliphatic heterocycles. The lowest BCUT2D eigenvalue weighted by Crippen LogP contribution is -2.41. The van der Waals surface area contributed by atoms with Gasteiger partial charge in [0.15, 0.2) is 21.0 Å². The van der Waals surface area contributed by atoms with Crippen molar-refractivity contribution in [3.8, 4) is 11.1 Å². The molecule has 3 aromatic rings. The molecule has 3 aromatic heterocycles. The second kappa shape index (κ2) is 11.2. The first-order valence-corrected chi connectivity index (χ1v) is 14.6. The number of amides is 1. The minimum Gasteiger partial charge on any atom is -0.335 e. The fraction of sp³-hybridized carbons (Fsp3) is 0.444. The van der Waals surface area contributed by atoms with E-state index in [0.29, 0.717) is 11.1 Å². The SMILES string of the molecule is C[C@@H]1C(S(=O)(=O)c2ccc(F)cn2)CC[C@H](C(=O)N2Cc3cc(-c4cnc(C(F)(F)F)nc4)cnc3C(F)C2)C[C@H]1F. The van der Waals surface area contributed by atoms with E-state index in [1.165, 1.54) is 24.1 Å². The van der Waals surface area contributed by atoms with Crippen LogP contribution in [-0.2, 0) is 27.4 Å². The fourth-order valence-corrected chi connectivity index (χ4v) is 7.45. The Balaban J connectivity index is 1.34. The minimum atomic E-state index is -4.72. The molecule has 224 valence electrons. The smallest absolute Gasteiger partial charge is 0.335 e. The van der Waals surface area contributed by atoms with E-state index in [2.05, 4.69) is 19.9 Å². The van der Waals surface area contributed by atoms with Crippen molar-refractivity contribution in [1.82, 2.24) is 24.8 Å². The van der Waals surface area contributed by atoms with E-state index < -0.39 is 63.0 Å². The van der Waals surface area contributed by atoms with Gasteiger partial charge < -0.3 is 4.90 Å². The predicted octanol–water partition coefficient (Wildman–Crippen LogP) is 5.06. The first-order valence-electron chi connectivity index (χ1n) is 13.1. The highest BCUT2D eigenvalue weighted by molar-refractivity contribution is 7.92. The number of halogens is 6. The van der Waals surface area contributed by atoms with Gasteiger partial charge in [-0.2, -0.15) is 13.2 Å². The third kappa shape index (κ3) is 5.83. The van der Waals surface area contributed by atoms with E-state index in [-0.39, 0.29) is 48.6 Å². The number of rotatable bonds is 4. The van der Waals surface area contributed by atoms with E-state index in [0.717, 1.165) is 30.7 Å². The maximum absolute atomic E-state index is 15.4. The molecule has 42 heavy (non-hydrogen) atoms.